The number of aromatic hydroxyl groups is 1. The van der Waals surface area contributed by atoms with Crippen molar-refractivity contribution in [3.63, 3.8) is 0 Å². The van der Waals surface area contributed by atoms with Crippen molar-refractivity contribution in [2.45, 2.75) is 26.3 Å². The van der Waals surface area contributed by atoms with Crippen LogP contribution < -0.4 is 5.32 Å². The van der Waals surface area contributed by atoms with Gasteiger partial charge >= 0.3 is 5.97 Å². The van der Waals surface area contributed by atoms with Crippen LogP contribution in [0.3, 0.4) is 0 Å². The van der Waals surface area contributed by atoms with Crippen molar-refractivity contribution in [3.8, 4) is 5.75 Å². The minimum absolute atomic E-state index is 0.118. The van der Waals surface area contributed by atoms with E-state index in [0.29, 0.717) is 0 Å². The van der Waals surface area contributed by atoms with Crippen LogP contribution >= 0.6 is 0 Å². The molecule has 0 aliphatic heterocycles. The maximum absolute atomic E-state index is 11.8. The lowest BCUT2D eigenvalue weighted by Crippen LogP contribution is -2.39. The molecule has 0 saturated carbocycles. The molecule has 0 bridgehead atoms. The van der Waals surface area contributed by atoms with Crippen LogP contribution in [0.1, 0.15) is 41.5 Å². The van der Waals surface area contributed by atoms with Gasteiger partial charge in [-0.3, -0.25) is 4.79 Å². The average Bonchev–Trinajstić information content (AvgIpc) is 2.25. The fraction of sp³-hybridized carbons (Fsp3) is 0.385. The third kappa shape index (κ3) is 3.85. The normalized spacial score (nSPS) is 11.3. The Kier molecular flexibility index (Phi) is 4.08. The second-order valence-corrected chi connectivity index (χ2v) is 5.06. The predicted molar refractivity (Wildman–Crippen MR) is 67.2 cm³/mol. The lowest BCUT2D eigenvalue weighted by Gasteiger charge is -2.19. The molecule has 0 aliphatic rings. The molecule has 3 N–H and O–H groups in total. The molecular formula is C13H17NO4. The highest BCUT2D eigenvalue weighted by Gasteiger charge is 2.16. The number of benzene rings is 1. The summed E-state index contributed by atoms with van der Waals surface area (Å²) in [6.07, 6.45) is 0. The van der Waals surface area contributed by atoms with E-state index in [4.69, 9.17) is 5.11 Å². The maximum Gasteiger partial charge on any atom is 0.339 e. The molecule has 0 atom stereocenters. The second kappa shape index (κ2) is 5.18. The van der Waals surface area contributed by atoms with Gasteiger partial charge in [0.15, 0.2) is 5.78 Å². The molecule has 5 nitrogen and oxygen atoms in total. The maximum atomic E-state index is 11.8. The Morgan fingerprint density at radius 2 is 1.89 bits per heavy atom. The van der Waals surface area contributed by atoms with E-state index in [9.17, 15) is 14.7 Å². The fourth-order valence-electron chi connectivity index (χ4n) is 1.33. The van der Waals surface area contributed by atoms with Crippen LogP contribution in [0.4, 0.5) is 0 Å². The Bertz CT molecular complexity index is 474. The molecule has 0 radical (unpaired) electrons. The first-order chi connectivity index (χ1) is 8.20. The number of phenols is 1. The van der Waals surface area contributed by atoms with E-state index in [2.05, 4.69) is 5.32 Å². The van der Waals surface area contributed by atoms with Gasteiger partial charge in [0.1, 0.15) is 11.3 Å². The zero-order valence-corrected chi connectivity index (χ0v) is 10.7. The predicted octanol–water partition coefficient (Wildman–Crippen LogP) is 1.66. The molecule has 0 aromatic heterocycles. The summed E-state index contributed by atoms with van der Waals surface area (Å²) in [6, 6.07) is 3.81. The Labute approximate surface area is 105 Å². The zero-order valence-electron chi connectivity index (χ0n) is 10.7. The molecule has 98 valence electrons. The van der Waals surface area contributed by atoms with Crippen LogP contribution in [-0.2, 0) is 0 Å². The third-order valence-corrected chi connectivity index (χ3v) is 2.33. The largest absolute Gasteiger partial charge is 0.507 e. The van der Waals surface area contributed by atoms with Gasteiger partial charge in [0.2, 0.25) is 0 Å². The molecular weight excluding hydrogens is 234 g/mol. The van der Waals surface area contributed by atoms with Crippen molar-refractivity contribution < 1.29 is 19.8 Å². The summed E-state index contributed by atoms with van der Waals surface area (Å²) in [7, 11) is 0. The SMILES string of the molecule is CC(C)(C)NCC(=O)c1ccc(O)c(C(=O)O)c1. The highest BCUT2D eigenvalue weighted by molar-refractivity contribution is 6.01. The molecule has 0 spiro atoms. The average molecular weight is 251 g/mol. The minimum atomic E-state index is -1.26. The lowest BCUT2D eigenvalue weighted by atomic mass is 10.0. The second-order valence-electron chi connectivity index (χ2n) is 5.06. The zero-order chi connectivity index (χ0) is 13.9. The van der Waals surface area contributed by atoms with Crippen molar-refractivity contribution in [1.29, 1.82) is 0 Å². The number of carboxylic acid groups (broad SMARTS) is 1. The van der Waals surface area contributed by atoms with Crippen LogP contribution in [0.15, 0.2) is 18.2 Å². The van der Waals surface area contributed by atoms with Crippen molar-refractivity contribution in [2.75, 3.05) is 6.54 Å². The smallest absolute Gasteiger partial charge is 0.339 e. The van der Waals surface area contributed by atoms with Crippen molar-refractivity contribution >= 4 is 11.8 Å². The van der Waals surface area contributed by atoms with Crippen LogP contribution in [0.2, 0.25) is 0 Å². The molecule has 0 unspecified atom stereocenters. The lowest BCUT2D eigenvalue weighted by molar-refractivity contribution is 0.0693. The standard InChI is InChI=1S/C13H17NO4/c1-13(2,3)14-7-11(16)8-4-5-10(15)9(6-8)12(17)18/h4-6,14-15H,7H2,1-3H3,(H,17,18). The number of aromatic carboxylic acids is 1. The van der Waals surface area contributed by atoms with E-state index >= 15 is 0 Å². The van der Waals surface area contributed by atoms with Crippen molar-refractivity contribution in [2.24, 2.45) is 0 Å². The van der Waals surface area contributed by atoms with E-state index in [1.165, 1.54) is 18.2 Å². The first kappa shape index (κ1) is 14.2. The van der Waals surface area contributed by atoms with Gasteiger partial charge in [-0.1, -0.05) is 0 Å². The molecule has 0 amide bonds. The Balaban J connectivity index is 2.87. The van der Waals surface area contributed by atoms with E-state index in [1.54, 1.807) is 0 Å². The molecule has 1 aromatic carbocycles. The van der Waals surface area contributed by atoms with Crippen LogP contribution in [-0.4, -0.2) is 34.0 Å². The Hall–Kier alpha value is -1.88. The molecule has 0 heterocycles. The Morgan fingerprint density at radius 3 is 2.39 bits per heavy atom. The van der Waals surface area contributed by atoms with Crippen molar-refractivity contribution in [1.82, 2.24) is 5.32 Å². The van der Waals surface area contributed by atoms with Gasteiger partial charge in [-0.05, 0) is 39.0 Å². The number of hydrogen-bond donors (Lipinski definition) is 3. The summed E-state index contributed by atoms with van der Waals surface area (Å²) in [5, 5.41) is 21.2. The number of rotatable bonds is 4. The van der Waals surface area contributed by atoms with E-state index in [1.807, 2.05) is 20.8 Å². The van der Waals surface area contributed by atoms with E-state index in [0.717, 1.165) is 0 Å². The van der Waals surface area contributed by atoms with Crippen molar-refractivity contribution in [3.05, 3.63) is 29.3 Å². The third-order valence-electron chi connectivity index (χ3n) is 2.33. The first-order valence-corrected chi connectivity index (χ1v) is 5.55. The van der Waals surface area contributed by atoms with Gasteiger partial charge in [-0.25, -0.2) is 4.79 Å². The molecule has 5 heteroatoms. The highest BCUT2D eigenvalue weighted by atomic mass is 16.4. The van der Waals surface area contributed by atoms with Crippen LogP contribution in [0.25, 0.3) is 0 Å². The van der Waals surface area contributed by atoms with E-state index in [-0.39, 0.29) is 34.7 Å². The summed E-state index contributed by atoms with van der Waals surface area (Å²) < 4.78 is 0. The number of nitrogens with one attached hydrogen (secondary N) is 1. The molecule has 0 aliphatic carbocycles. The van der Waals surface area contributed by atoms with Gasteiger partial charge in [0.05, 0.1) is 6.54 Å². The molecule has 1 rings (SSSR count). The van der Waals surface area contributed by atoms with Gasteiger partial charge in [-0.15, -0.1) is 0 Å². The number of carboxylic acids is 1. The Morgan fingerprint density at radius 1 is 1.28 bits per heavy atom. The molecule has 18 heavy (non-hydrogen) atoms. The monoisotopic (exact) mass is 251 g/mol. The number of Topliss-reactive ketones (excluding diaryl/α,β-unsaturated/α-hetero) is 1. The number of carbonyl (C=O) groups excluding carboxylic acids is 1. The molecule has 1 aromatic rings. The molecule has 0 fully saturated rings. The number of ketones is 1. The summed E-state index contributed by atoms with van der Waals surface area (Å²) in [4.78, 5) is 22.7. The van der Waals surface area contributed by atoms with Crippen LogP contribution in [0.5, 0.6) is 5.75 Å². The van der Waals surface area contributed by atoms with Gasteiger partial charge in [0.25, 0.3) is 0 Å². The summed E-state index contributed by atoms with van der Waals surface area (Å²) in [6.45, 7) is 5.91. The summed E-state index contributed by atoms with van der Waals surface area (Å²) >= 11 is 0. The van der Waals surface area contributed by atoms with Crippen LogP contribution in [0, 0.1) is 0 Å². The summed E-state index contributed by atoms with van der Waals surface area (Å²) in [5.41, 5.74) is -0.194. The van der Waals surface area contributed by atoms with Gasteiger partial charge < -0.3 is 15.5 Å². The van der Waals surface area contributed by atoms with E-state index < -0.39 is 5.97 Å². The number of carbonyl (C=O) groups is 2. The topological polar surface area (TPSA) is 86.6 Å². The quantitative estimate of drug-likeness (QED) is 0.708. The molecule has 0 saturated heterocycles. The summed E-state index contributed by atoms with van der Waals surface area (Å²) in [5.74, 6) is -1.82. The van der Waals surface area contributed by atoms with Gasteiger partial charge in [0, 0.05) is 11.1 Å². The number of hydrogen-bond acceptors (Lipinski definition) is 4. The highest BCUT2D eigenvalue weighted by Crippen LogP contribution is 2.18. The minimum Gasteiger partial charge on any atom is -0.507 e. The fourth-order valence-corrected chi connectivity index (χ4v) is 1.33. The first-order valence-electron chi connectivity index (χ1n) is 5.55. The van der Waals surface area contributed by atoms with Gasteiger partial charge in [-0.2, -0.15) is 0 Å².